The lowest BCUT2D eigenvalue weighted by molar-refractivity contribution is 0.285. The highest BCUT2D eigenvalue weighted by atomic mass is 79.9. The zero-order valence-corrected chi connectivity index (χ0v) is 13.5. The van der Waals surface area contributed by atoms with E-state index in [0.717, 1.165) is 36.5 Å². The van der Waals surface area contributed by atoms with E-state index in [1.807, 2.05) is 24.3 Å². The zero-order chi connectivity index (χ0) is 13.3. The highest BCUT2D eigenvalue weighted by Crippen LogP contribution is 2.15. The summed E-state index contributed by atoms with van der Waals surface area (Å²) in [5.74, 6) is 3.50. The second-order valence-corrected chi connectivity index (χ2v) is 6.65. The van der Waals surface area contributed by atoms with Gasteiger partial charge in [-0.3, -0.25) is 0 Å². The molecule has 1 N–H and O–H groups in total. The molecule has 0 aromatic heterocycles. The van der Waals surface area contributed by atoms with Crippen LogP contribution < -0.4 is 10.1 Å². The van der Waals surface area contributed by atoms with Crippen LogP contribution in [0.25, 0.3) is 0 Å². The molecule has 0 radical (unpaired) electrons. The maximum absolute atomic E-state index is 5.65. The third-order valence-corrected chi connectivity index (χ3v) is 4.54. The lowest BCUT2D eigenvalue weighted by Gasteiger charge is -2.26. The van der Waals surface area contributed by atoms with Crippen molar-refractivity contribution in [3.63, 3.8) is 0 Å². The Bertz CT molecular complexity index is 355. The van der Waals surface area contributed by atoms with Crippen molar-refractivity contribution in [2.24, 2.45) is 0 Å². The summed E-state index contributed by atoms with van der Waals surface area (Å²) in [6, 6.07) is 7.96. The Labute approximate surface area is 128 Å². The van der Waals surface area contributed by atoms with Crippen LogP contribution in [0, 0.1) is 0 Å². The third kappa shape index (κ3) is 6.17. The fourth-order valence-corrected chi connectivity index (χ4v) is 3.20. The first-order chi connectivity index (χ1) is 9.34. The van der Waals surface area contributed by atoms with E-state index in [1.165, 1.54) is 24.6 Å². The molecule has 0 spiro atoms. The van der Waals surface area contributed by atoms with Crippen molar-refractivity contribution in [3.05, 3.63) is 28.7 Å². The van der Waals surface area contributed by atoms with Gasteiger partial charge >= 0.3 is 0 Å². The Hall–Kier alpha value is -0.230. The van der Waals surface area contributed by atoms with Gasteiger partial charge in [0.2, 0.25) is 0 Å². The van der Waals surface area contributed by atoms with Crippen LogP contribution in [-0.2, 0) is 0 Å². The summed E-state index contributed by atoms with van der Waals surface area (Å²) in [7, 11) is 0. The van der Waals surface area contributed by atoms with Crippen molar-refractivity contribution < 1.29 is 4.74 Å². The number of thioether (sulfide) groups is 1. The molecule has 19 heavy (non-hydrogen) atoms. The predicted molar refractivity (Wildman–Crippen MR) is 86.3 cm³/mol. The van der Waals surface area contributed by atoms with Gasteiger partial charge in [0.05, 0.1) is 0 Å². The van der Waals surface area contributed by atoms with Gasteiger partial charge in [-0.1, -0.05) is 15.9 Å². The van der Waals surface area contributed by atoms with Crippen molar-refractivity contribution in [2.45, 2.75) is 0 Å². The summed E-state index contributed by atoms with van der Waals surface area (Å²) in [5.41, 5.74) is 0. The van der Waals surface area contributed by atoms with Gasteiger partial charge in [-0.2, -0.15) is 11.8 Å². The topological polar surface area (TPSA) is 24.5 Å². The molecule has 0 bridgehead atoms. The molecule has 1 aliphatic rings. The molecule has 1 aromatic rings. The second kappa shape index (κ2) is 8.84. The first-order valence-electron chi connectivity index (χ1n) is 6.74. The lowest BCUT2D eigenvalue weighted by atomic mass is 10.3. The van der Waals surface area contributed by atoms with Crippen LogP contribution in [0.5, 0.6) is 5.75 Å². The Kier molecular flexibility index (Phi) is 7.06. The van der Waals surface area contributed by atoms with Gasteiger partial charge in [-0.25, -0.2) is 0 Å². The molecule has 2 rings (SSSR count). The molecule has 1 heterocycles. The Morgan fingerprint density at radius 3 is 2.63 bits per heavy atom. The largest absolute Gasteiger partial charge is 0.492 e. The summed E-state index contributed by atoms with van der Waals surface area (Å²) >= 11 is 5.47. The molecule has 1 aromatic carbocycles. The van der Waals surface area contributed by atoms with E-state index in [1.54, 1.807) is 0 Å². The standard InChI is InChI=1S/C14H21BrN2OS/c15-13-1-3-14(4-2-13)18-10-6-16-5-7-17-8-11-19-12-9-17/h1-4,16H,5-12H2. The van der Waals surface area contributed by atoms with Gasteiger partial charge in [0, 0.05) is 48.7 Å². The minimum absolute atomic E-state index is 0.720. The van der Waals surface area contributed by atoms with Crippen LogP contribution in [0.3, 0.4) is 0 Å². The first kappa shape index (κ1) is 15.2. The van der Waals surface area contributed by atoms with Crippen molar-refractivity contribution in [1.82, 2.24) is 10.2 Å². The van der Waals surface area contributed by atoms with E-state index in [9.17, 15) is 0 Å². The highest BCUT2D eigenvalue weighted by Gasteiger charge is 2.08. The fraction of sp³-hybridized carbons (Fsp3) is 0.571. The Morgan fingerprint density at radius 2 is 1.89 bits per heavy atom. The average Bonchev–Trinajstić information content (AvgIpc) is 2.46. The van der Waals surface area contributed by atoms with Crippen LogP contribution in [0.2, 0.25) is 0 Å². The van der Waals surface area contributed by atoms with Crippen molar-refractivity contribution in [3.8, 4) is 5.75 Å². The number of nitrogens with zero attached hydrogens (tertiary/aromatic N) is 1. The van der Waals surface area contributed by atoms with Gasteiger partial charge in [0.25, 0.3) is 0 Å². The lowest BCUT2D eigenvalue weighted by Crippen LogP contribution is -2.38. The van der Waals surface area contributed by atoms with E-state index in [2.05, 4.69) is 37.9 Å². The van der Waals surface area contributed by atoms with E-state index < -0.39 is 0 Å². The van der Waals surface area contributed by atoms with Crippen molar-refractivity contribution in [1.29, 1.82) is 0 Å². The molecule has 0 saturated carbocycles. The maximum atomic E-state index is 5.65. The van der Waals surface area contributed by atoms with Crippen LogP contribution >= 0.6 is 27.7 Å². The fourth-order valence-electron chi connectivity index (χ4n) is 1.96. The summed E-state index contributed by atoms with van der Waals surface area (Å²) < 4.78 is 6.73. The van der Waals surface area contributed by atoms with Gasteiger partial charge in [-0.15, -0.1) is 0 Å². The van der Waals surface area contributed by atoms with Crippen LogP contribution in [-0.4, -0.2) is 55.7 Å². The molecular formula is C14H21BrN2OS. The van der Waals surface area contributed by atoms with Crippen LogP contribution in [0.15, 0.2) is 28.7 Å². The number of hydrogen-bond donors (Lipinski definition) is 1. The smallest absolute Gasteiger partial charge is 0.119 e. The molecule has 106 valence electrons. The molecule has 1 aliphatic heterocycles. The SMILES string of the molecule is Brc1ccc(OCCNCCN2CCSCC2)cc1. The van der Waals surface area contributed by atoms with Gasteiger partial charge in [0.15, 0.2) is 0 Å². The van der Waals surface area contributed by atoms with Crippen molar-refractivity contribution in [2.75, 3.05) is 50.8 Å². The minimum atomic E-state index is 0.720. The quantitative estimate of drug-likeness (QED) is 0.768. The summed E-state index contributed by atoms with van der Waals surface area (Å²) in [5, 5.41) is 3.43. The Balaban J connectivity index is 1.49. The van der Waals surface area contributed by atoms with Gasteiger partial charge < -0.3 is 15.0 Å². The predicted octanol–water partition coefficient (Wildman–Crippen LogP) is 2.47. The number of halogens is 1. The van der Waals surface area contributed by atoms with E-state index >= 15 is 0 Å². The monoisotopic (exact) mass is 344 g/mol. The molecule has 3 nitrogen and oxygen atoms in total. The molecule has 0 amide bonds. The minimum Gasteiger partial charge on any atom is -0.492 e. The molecular weight excluding hydrogens is 324 g/mol. The third-order valence-electron chi connectivity index (χ3n) is 3.07. The second-order valence-electron chi connectivity index (χ2n) is 4.51. The van der Waals surface area contributed by atoms with E-state index in [-0.39, 0.29) is 0 Å². The normalized spacial score (nSPS) is 16.5. The molecule has 5 heteroatoms. The number of rotatable bonds is 7. The number of nitrogens with one attached hydrogen (secondary N) is 1. The molecule has 0 atom stereocenters. The Morgan fingerprint density at radius 1 is 1.16 bits per heavy atom. The van der Waals surface area contributed by atoms with Gasteiger partial charge in [-0.05, 0) is 24.3 Å². The number of hydrogen-bond acceptors (Lipinski definition) is 4. The van der Waals surface area contributed by atoms with Crippen molar-refractivity contribution >= 4 is 27.7 Å². The molecule has 1 fully saturated rings. The van der Waals surface area contributed by atoms with Crippen LogP contribution in [0.1, 0.15) is 0 Å². The first-order valence-corrected chi connectivity index (χ1v) is 8.68. The van der Waals surface area contributed by atoms with Crippen LogP contribution in [0.4, 0.5) is 0 Å². The highest BCUT2D eigenvalue weighted by molar-refractivity contribution is 9.10. The van der Waals surface area contributed by atoms with E-state index in [0.29, 0.717) is 0 Å². The molecule has 0 aliphatic carbocycles. The maximum Gasteiger partial charge on any atom is 0.119 e. The molecule has 0 unspecified atom stereocenters. The average molecular weight is 345 g/mol. The van der Waals surface area contributed by atoms with Gasteiger partial charge in [0.1, 0.15) is 12.4 Å². The summed E-state index contributed by atoms with van der Waals surface area (Å²) in [6.07, 6.45) is 0. The van der Waals surface area contributed by atoms with E-state index in [4.69, 9.17) is 4.74 Å². The summed E-state index contributed by atoms with van der Waals surface area (Å²) in [6.45, 7) is 6.30. The number of benzene rings is 1. The summed E-state index contributed by atoms with van der Waals surface area (Å²) in [4.78, 5) is 2.53. The molecule has 1 saturated heterocycles. The zero-order valence-electron chi connectivity index (χ0n) is 11.1. The number of ether oxygens (including phenoxy) is 1.